The van der Waals surface area contributed by atoms with Gasteiger partial charge in [-0.05, 0) is 12.1 Å². The maximum absolute atomic E-state index is 12.3. The third kappa shape index (κ3) is 3.16. The number of likely N-dealkylation sites (N-methyl/N-ethyl adjacent to an activating group) is 1. The van der Waals surface area contributed by atoms with Crippen LogP contribution in [-0.2, 0) is 11.2 Å². The maximum Gasteiger partial charge on any atom is 0.277 e. The zero-order valence-electron chi connectivity index (χ0n) is 12.4. The summed E-state index contributed by atoms with van der Waals surface area (Å²) in [5.41, 5.74) is 0.869. The monoisotopic (exact) mass is 331 g/mol. The summed E-state index contributed by atoms with van der Waals surface area (Å²) in [6.45, 7) is 0. The first kappa shape index (κ1) is 15.0. The van der Waals surface area contributed by atoms with Gasteiger partial charge in [-0.2, -0.15) is 5.10 Å². The molecule has 0 bridgehead atoms. The number of hydrogen-bond donors (Lipinski definition) is 1. The van der Waals surface area contributed by atoms with E-state index in [9.17, 15) is 9.59 Å². The van der Waals surface area contributed by atoms with Gasteiger partial charge in [-0.3, -0.25) is 14.9 Å². The lowest BCUT2D eigenvalue weighted by Gasteiger charge is -2.07. The summed E-state index contributed by atoms with van der Waals surface area (Å²) in [6.07, 6.45) is 3.16. The highest BCUT2D eigenvalue weighted by molar-refractivity contribution is 7.15. The van der Waals surface area contributed by atoms with E-state index in [1.54, 1.807) is 32.4 Å². The number of nitrogens with one attached hydrogen (secondary N) is 1. The van der Waals surface area contributed by atoms with Gasteiger partial charge in [-0.15, -0.1) is 10.2 Å². The van der Waals surface area contributed by atoms with Gasteiger partial charge in [0, 0.05) is 20.3 Å². The van der Waals surface area contributed by atoms with Crippen molar-refractivity contribution in [3.63, 3.8) is 0 Å². The fraction of sp³-hybridized carbons (Fsp3) is 0.231. The van der Waals surface area contributed by atoms with E-state index in [-0.39, 0.29) is 12.3 Å². The summed E-state index contributed by atoms with van der Waals surface area (Å²) in [5.74, 6) is -0.470. The lowest BCUT2D eigenvalue weighted by molar-refractivity contribution is -0.127. The molecule has 0 aromatic carbocycles. The first-order chi connectivity index (χ1) is 11.0. The minimum Gasteiger partial charge on any atom is -0.348 e. The Bertz CT molecular complexity index is 870. The summed E-state index contributed by atoms with van der Waals surface area (Å²) >= 11 is 1.16. The van der Waals surface area contributed by atoms with Gasteiger partial charge in [0.25, 0.3) is 5.91 Å². The number of anilines is 1. The van der Waals surface area contributed by atoms with Crippen LogP contribution in [-0.4, -0.2) is 55.6 Å². The van der Waals surface area contributed by atoms with Crippen molar-refractivity contribution in [3.05, 3.63) is 35.2 Å². The average molecular weight is 331 g/mol. The molecule has 1 N–H and O–H groups in total. The number of aromatic nitrogens is 5. The highest BCUT2D eigenvalue weighted by Gasteiger charge is 2.16. The standard InChI is InChI=1S/C13H13N7O2S/c1-19(2)11(21)6-10-17-18-13(23-10)16-12(22)8-7-14-9-4-3-5-15-20(8)9/h3-5,7H,6H2,1-2H3,(H,16,18,22). The second kappa shape index (κ2) is 6.08. The molecule has 0 atom stereocenters. The second-order valence-corrected chi connectivity index (χ2v) is 5.92. The SMILES string of the molecule is CN(C)C(=O)Cc1nnc(NC(=O)c2cnc3cccnn23)s1. The molecule has 118 valence electrons. The molecule has 0 saturated heterocycles. The van der Waals surface area contributed by atoms with Crippen LogP contribution in [0.5, 0.6) is 0 Å². The van der Waals surface area contributed by atoms with Crippen molar-refractivity contribution in [2.45, 2.75) is 6.42 Å². The molecule has 0 aliphatic heterocycles. The Kier molecular flexibility index (Phi) is 3.98. The summed E-state index contributed by atoms with van der Waals surface area (Å²) in [6, 6.07) is 3.49. The van der Waals surface area contributed by atoms with E-state index in [0.717, 1.165) is 11.3 Å². The van der Waals surface area contributed by atoms with Crippen molar-refractivity contribution in [2.24, 2.45) is 0 Å². The van der Waals surface area contributed by atoms with Crippen LogP contribution in [0.15, 0.2) is 24.5 Å². The third-order valence-electron chi connectivity index (χ3n) is 3.00. The van der Waals surface area contributed by atoms with E-state index < -0.39 is 5.91 Å². The van der Waals surface area contributed by atoms with Crippen molar-refractivity contribution >= 4 is 33.9 Å². The second-order valence-electron chi connectivity index (χ2n) is 4.86. The maximum atomic E-state index is 12.3. The highest BCUT2D eigenvalue weighted by atomic mass is 32.1. The molecule has 23 heavy (non-hydrogen) atoms. The van der Waals surface area contributed by atoms with E-state index >= 15 is 0 Å². The van der Waals surface area contributed by atoms with Crippen LogP contribution in [0.25, 0.3) is 5.65 Å². The summed E-state index contributed by atoms with van der Waals surface area (Å²) in [4.78, 5) is 29.5. The lowest BCUT2D eigenvalue weighted by atomic mass is 10.4. The number of nitrogens with zero attached hydrogens (tertiary/aromatic N) is 6. The molecule has 3 rings (SSSR count). The number of hydrogen-bond acceptors (Lipinski definition) is 7. The summed E-state index contributed by atoms with van der Waals surface area (Å²) < 4.78 is 1.44. The van der Waals surface area contributed by atoms with Crippen molar-refractivity contribution in [1.82, 2.24) is 29.7 Å². The Balaban J connectivity index is 1.73. The molecule has 9 nitrogen and oxygen atoms in total. The fourth-order valence-corrected chi connectivity index (χ4v) is 2.53. The Morgan fingerprint density at radius 2 is 2.17 bits per heavy atom. The zero-order valence-corrected chi connectivity index (χ0v) is 13.2. The van der Waals surface area contributed by atoms with Crippen LogP contribution >= 0.6 is 11.3 Å². The molecule has 3 aromatic rings. The lowest BCUT2D eigenvalue weighted by Crippen LogP contribution is -2.23. The Morgan fingerprint density at radius 3 is 2.96 bits per heavy atom. The summed E-state index contributed by atoms with van der Waals surface area (Å²) in [7, 11) is 3.34. The van der Waals surface area contributed by atoms with Gasteiger partial charge >= 0.3 is 0 Å². The van der Waals surface area contributed by atoms with Gasteiger partial charge in [0.15, 0.2) is 11.3 Å². The molecule has 0 spiro atoms. The van der Waals surface area contributed by atoms with Crippen LogP contribution in [0.2, 0.25) is 0 Å². The number of imidazole rings is 1. The Labute approximate surface area is 135 Å². The minimum atomic E-state index is -0.391. The van der Waals surface area contributed by atoms with Gasteiger partial charge in [0.2, 0.25) is 11.0 Å². The van der Waals surface area contributed by atoms with Crippen molar-refractivity contribution in [1.29, 1.82) is 0 Å². The van der Waals surface area contributed by atoms with Crippen LogP contribution in [0.1, 0.15) is 15.5 Å². The molecule has 0 radical (unpaired) electrons. The molecule has 0 saturated carbocycles. The first-order valence-corrected chi connectivity index (χ1v) is 7.49. The van der Waals surface area contributed by atoms with Gasteiger partial charge in [0.1, 0.15) is 5.01 Å². The van der Waals surface area contributed by atoms with Crippen molar-refractivity contribution in [2.75, 3.05) is 19.4 Å². The Hall–Kier alpha value is -2.88. The molecule has 0 unspecified atom stereocenters. The van der Waals surface area contributed by atoms with Crippen molar-refractivity contribution in [3.8, 4) is 0 Å². The molecule has 0 aliphatic carbocycles. The van der Waals surface area contributed by atoms with Crippen LogP contribution in [0.3, 0.4) is 0 Å². The van der Waals surface area contributed by atoms with E-state index in [1.807, 2.05) is 0 Å². The summed E-state index contributed by atoms with van der Waals surface area (Å²) in [5, 5.41) is 15.4. The predicted molar refractivity (Wildman–Crippen MR) is 83.2 cm³/mol. The van der Waals surface area contributed by atoms with Gasteiger partial charge in [0.05, 0.1) is 12.6 Å². The van der Waals surface area contributed by atoms with Gasteiger partial charge in [-0.1, -0.05) is 11.3 Å². The number of carbonyl (C=O) groups excluding carboxylic acids is 2. The average Bonchev–Trinajstić information content (AvgIpc) is 3.13. The van der Waals surface area contributed by atoms with Crippen LogP contribution in [0.4, 0.5) is 5.13 Å². The van der Waals surface area contributed by atoms with E-state index in [0.29, 0.717) is 21.5 Å². The molecular weight excluding hydrogens is 318 g/mol. The van der Waals surface area contributed by atoms with E-state index in [2.05, 4.69) is 25.6 Å². The van der Waals surface area contributed by atoms with Crippen molar-refractivity contribution < 1.29 is 9.59 Å². The first-order valence-electron chi connectivity index (χ1n) is 6.67. The highest BCUT2D eigenvalue weighted by Crippen LogP contribution is 2.17. The van der Waals surface area contributed by atoms with Gasteiger partial charge < -0.3 is 4.90 Å². The van der Waals surface area contributed by atoms with Gasteiger partial charge in [-0.25, -0.2) is 9.50 Å². The topological polar surface area (TPSA) is 105 Å². The van der Waals surface area contributed by atoms with E-state index in [1.165, 1.54) is 15.6 Å². The molecule has 10 heteroatoms. The third-order valence-corrected chi connectivity index (χ3v) is 3.84. The number of fused-ring (bicyclic) bond motifs is 1. The molecule has 3 heterocycles. The largest absolute Gasteiger partial charge is 0.348 e. The van der Waals surface area contributed by atoms with Crippen LogP contribution in [0, 0.1) is 0 Å². The zero-order chi connectivity index (χ0) is 16.4. The van der Waals surface area contributed by atoms with E-state index in [4.69, 9.17) is 0 Å². The predicted octanol–water partition coefficient (Wildman–Crippen LogP) is 0.464. The number of amides is 2. The molecule has 0 aliphatic rings. The number of carbonyl (C=O) groups is 2. The molecule has 3 aromatic heterocycles. The van der Waals surface area contributed by atoms with Crippen LogP contribution < -0.4 is 5.32 Å². The smallest absolute Gasteiger partial charge is 0.277 e. The minimum absolute atomic E-state index is 0.0787. The quantitative estimate of drug-likeness (QED) is 0.745. The molecule has 2 amide bonds. The molecular formula is C13H13N7O2S. The number of rotatable bonds is 4. The molecule has 0 fully saturated rings. The Morgan fingerprint density at radius 1 is 1.35 bits per heavy atom. The fourth-order valence-electron chi connectivity index (χ4n) is 1.81. The normalized spacial score (nSPS) is 10.7.